The number of rotatable bonds is 3. The van der Waals surface area contributed by atoms with Crippen LogP contribution in [0.15, 0.2) is 66.7 Å². The summed E-state index contributed by atoms with van der Waals surface area (Å²) in [7, 11) is 0. The number of carbonyl (C=O) groups excluding carboxylic acids is 1. The van der Waals surface area contributed by atoms with Gasteiger partial charge in [-0.2, -0.15) is 0 Å². The second-order valence-corrected chi connectivity index (χ2v) is 6.98. The van der Waals surface area contributed by atoms with Crippen LogP contribution in [0.5, 0.6) is 0 Å². The molecule has 0 unspecified atom stereocenters. The van der Waals surface area contributed by atoms with E-state index in [1.54, 1.807) is 23.5 Å². The maximum atomic E-state index is 13.7. The molecular weight excluding hydrogens is 347 g/mol. The van der Waals surface area contributed by atoms with Crippen molar-refractivity contribution in [3.05, 3.63) is 83.7 Å². The summed E-state index contributed by atoms with van der Waals surface area (Å²) in [6.45, 7) is 1.97. The van der Waals surface area contributed by atoms with Gasteiger partial charge in [0.05, 0.1) is 15.8 Å². The Morgan fingerprint density at radius 1 is 1.04 bits per heavy atom. The van der Waals surface area contributed by atoms with E-state index in [-0.39, 0.29) is 5.56 Å². The van der Waals surface area contributed by atoms with Gasteiger partial charge in [0, 0.05) is 11.3 Å². The van der Waals surface area contributed by atoms with E-state index in [0.717, 1.165) is 26.4 Å². The summed E-state index contributed by atoms with van der Waals surface area (Å²) >= 11 is 1.64. The first-order valence-corrected chi connectivity index (χ1v) is 8.96. The van der Waals surface area contributed by atoms with Crippen LogP contribution in [0.2, 0.25) is 0 Å². The van der Waals surface area contributed by atoms with Crippen molar-refractivity contribution in [1.29, 1.82) is 0 Å². The highest BCUT2D eigenvalue weighted by Crippen LogP contribution is 2.33. The average Bonchev–Trinajstić information content (AvgIpc) is 3.06. The largest absolute Gasteiger partial charge is 0.322 e. The van der Waals surface area contributed by atoms with Crippen molar-refractivity contribution in [3.8, 4) is 10.6 Å². The van der Waals surface area contributed by atoms with Crippen molar-refractivity contribution in [2.75, 3.05) is 5.32 Å². The number of benzene rings is 3. The van der Waals surface area contributed by atoms with E-state index in [9.17, 15) is 9.18 Å². The number of fused-ring (bicyclic) bond motifs is 1. The third-order valence-electron chi connectivity index (χ3n) is 4.13. The number of aryl methyl sites for hydroxylation is 1. The van der Waals surface area contributed by atoms with Gasteiger partial charge in [0.15, 0.2) is 0 Å². The highest BCUT2D eigenvalue weighted by atomic mass is 32.1. The highest BCUT2D eigenvalue weighted by molar-refractivity contribution is 7.21. The number of nitrogens with zero attached hydrogens (tertiary/aromatic N) is 1. The number of carbonyl (C=O) groups is 1. The van der Waals surface area contributed by atoms with Crippen LogP contribution in [0.25, 0.3) is 20.8 Å². The first-order chi connectivity index (χ1) is 12.6. The zero-order chi connectivity index (χ0) is 18.1. The number of amides is 1. The Bertz CT molecular complexity index is 1090. The topological polar surface area (TPSA) is 42.0 Å². The molecule has 3 aromatic carbocycles. The summed E-state index contributed by atoms with van der Waals surface area (Å²) in [5.41, 5.74) is 3.65. The van der Waals surface area contributed by atoms with Gasteiger partial charge in [0.2, 0.25) is 0 Å². The lowest BCUT2D eigenvalue weighted by Gasteiger charge is -2.09. The Labute approximate surface area is 154 Å². The van der Waals surface area contributed by atoms with Crippen LogP contribution in [0, 0.1) is 12.7 Å². The third-order valence-corrected chi connectivity index (χ3v) is 5.20. The predicted octanol–water partition coefficient (Wildman–Crippen LogP) is 5.66. The molecule has 3 nitrogen and oxygen atoms in total. The zero-order valence-corrected chi connectivity index (χ0v) is 14.8. The number of halogens is 1. The van der Waals surface area contributed by atoms with Crippen LogP contribution in [0.4, 0.5) is 10.1 Å². The molecule has 0 atom stereocenters. The summed E-state index contributed by atoms with van der Waals surface area (Å²) in [6.07, 6.45) is 0. The van der Waals surface area contributed by atoms with Gasteiger partial charge in [-0.3, -0.25) is 4.79 Å². The molecule has 26 heavy (non-hydrogen) atoms. The Kier molecular flexibility index (Phi) is 4.22. The molecule has 128 valence electrons. The number of nitrogens with one attached hydrogen (secondary N) is 1. The quantitative estimate of drug-likeness (QED) is 0.511. The van der Waals surface area contributed by atoms with Crippen molar-refractivity contribution in [3.63, 3.8) is 0 Å². The molecule has 0 saturated carbocycles. The molecule has 0 aliphatic carbocycles. The second kappa shape index (κ2) is 6.69. The summed E-state index contributed by atoms with van der Waals surface area (Å²) in [5.74, 6) is -0.997. The molecular formula is C21H15FN2OS. The minimum absolute atomic E-state index is 0.0282. The lowest BCUT2D eigenvalue weighted by molar-refractivity contribution is 0.102. The summed E-state index contributed by atoms with van der Waals surface area (Å²) in [6, 6.07) is 19.6. The van der Waals surface area contributed by atoms with Crippen LogP contribution in [0.1, 0.15) is 15.9 Å². The maximum absolute atomic E-state index is 13.7. The van der Waals surface area contributed by atoms with Crippen LogP contribution in [-0.4, -0.2) is 10.9 Å². The molecule has 0 aliphatic rings. The monoisotopic (exact) mass is 362 g/mol. The Morgan fingerprint density at radius 3 is 2.58 bits per heavy atom. The molecule has 1 N–H and O–H groups in total. The summed E-state index contributed by atoms with van der Waals surface area (Å²) in [4.78, 5) is 16.9. The molecule has 4 rings (SSSR count). The number of thiazole rings is 1. The van der Waals surface area contributed by atoms with Gasteiger partial charge in [-0.25, -0.2) is 9.37 Å². The summed E-state index contributed by atoms with van der Waals surface area (Å²) in [5, 5.41) is 3.69. The fraction of sp³-hybridized carbons (Fsp3) is 0.0476. The lowest BCUT2D eigenvalue weighted by atomic mass is 10.1. The molecule has 1 heterocycles. The smallest absolute Gasteiger partial charge is 0.258 e. The first kappa shape index (κ1) is 16.4. The van der Waals surface area contributed by atoms with Gasteiger partial charge < -0.3 is 5.32 Å². The summed E-state index contributed by atoms with van der Waals surface area (Å²) < 4.78 is 14.9. The van der Waals surface area contributed by atoms with Crippen molar-refractivity contribution < 1.29 is 9.18 Å². The Balaban J connectivity index is 1.62. The third kappa shape index (κ3) is 3.09. The van der Waals surface area contributed by atoms with Gasteiger partial charge in [-0.05, 0) is 55.0 Å². The van der Waals surface area contributed by atoms with Crippen LogP contribution < -0.4 is 5.32 Å². The van der Waals surface area contributed by atoms with E-state index in [1.165, 1.54) is 12.1 Å². The number of aromatic nitrogens is 1. The molecule has 0 spiro atoms. The van der Waals surface area contributed by atoms with Crippen LogP contribution >= 0.6 is 11.3 Å². The average molecular weight is 362 g/mol. The molecule has 0 saturated heterocycles. The van der Waals surface area contributed by atoms with Crippen molar-refractivity contribution >= 4 is 33.1 Å². The molecule has 0 radical (unpaired) electrons. The molecule has 1 aromatic heterocycles. The number of hydrogen-bond donors (Lipinski definition) is 1. The van der Waals surface area contributed by atoms with E-state index < -0.39 is 11.7 Å². The van der Waals surface area contributed by atoms with Crippen molar-refractivity contribution in [2.24, 2.45) is 0 Å². The normalized spacial score (nSPS) is 10.8. The molecule has 0 aliphatic heterocycles. The van der Waals surface area contributed by atoms with E-state index in [2.05, 4.69) is 16.4 Å². The van der Waals surface area contributed by atoms with E-state index in [1.807, 2.05) is 43.3 Å². The molecule has 5 heteroatoms. The predicted molar refractivity (Wildman–Crippen MR) is 104 cm³/mol. The fourth-order valence-corrected chi connectivity index (χ4v) is 3.87. The van der Waals surface area contributed by atoms with Gasteiger partial charge in [-0.1, -0.05) is 24.3 Å². The minimum Gasteiger partial charge on any atom is -0.322 e. The van der Waals surface area contributed by atoms with Gasteiger partial charge >= 0.3 is 0 Å². The SMILES string of the molecule is Cc1cc(NC(=O)c2ccccc2F)ccc1-c1nc2ccccc2s1. The van der Waals surface area contributed by atoms with Gasteiger partial charge in [0.25, 0.3) is 5.91 Å². The second-order valence-electron chi connectivity index (χ2n) is 5.95. The molecule has 0 bridgehead atoms. The van der Waals surface area contributed by atoms with Crippen LogP contribution in [-0.2, 0) is 0 Å². The van der Waals surface area contributed by atoms with E-state index in [0.29, 0.717) is 5.69 Å². The number of anilines is 1. The van der Waals surface area contributed by atoms with Crippen molar-refractivity contribution in [2.45, 2.75) is 6.92 Å². The molecule has 4 aromatic rings. The fourth-order valence-electron chi connectivity index (χ4n) is 2.81. The Morgan fingerprint density at radius 2 is 1.81 bits per heavy atom. The lowest BCUT2D eigenvalue weighted by Crippen LogP contribution is -2.13. The number of hydrogen-bond acceptors (Lipinski definition) is 3. The highest BCUT2D eigenvalue weighted by Gasteiger charge is 2.13. The van der Waals surface area contributed by atoms with E-state index in [4.69, 9.17) is 0 Å². The molecule has 1 amide bonds. The number of para-hydroxylation sites is 1. The van der Waals surface area contributed by atoms with Gasteiger partial charge in [-0.15, -0.1) is 11.3 Å². The minimum atomic E-state index is -0.534. The van der Waals surface area contributed by atoms with Crippen LogP contribution in [0.3, 0.4) is 0 Å². The first-order valence-electron chi connectivity index (χ1n) is 8.14. The zero-order valence-electron chi connectivity index (χ0n) is 14.0. The van der Waals surface area contributed by atoms with E-state index >= 15 is 0 Å². The standard InChI is InChI=1S/C21H15FN2OS/c1-13-12-14(23-20(25)16-6-2-3-7-17(16)22)10-11-15(13)21-24-18-8-4-5-9-19(18)26-21/h2-12H,1H3,(H,23,25). The molecule has 0 fully saturated rings. The maximum Gasteiger partial charge on any atom is 0.258 e. The van der Waals surface area contributed by atoms with Crippen molar-refractivity contribution in [1.82, 2.24) is 4.98 Å². The Hall–Kier alpha value is -3.05. The van der Waals surface area contributed by atoms with Gasteiger partial charge in [0.1, 0.15) is 10.8 Å².